The molecule has 0 saturated heterocycles. The molecule has 2 aromatic heterocycles. The fraction of sp³-hybridized carbons (Fsp3) is 0.294. The van der Waals surface area contributed by atoms with Crippen LogP contribution in [0.2, 0.25) is 0 Å². The number of aromatic amines is 1. The standard InChI is InChI=1S/C17H16N2O/c1-9-7-13-16(14(20)8-9)15-11-5-3-4-6-12(11)19-17(15)10(2)18-13/h3-6,9,19H,7-8H2,1-2H3. The van der Waals surface area contributed by atoms with Crippen LogP contribution in [-0.4, -0.2) is 15.8 Å². The van der Waals surface area contributed by atoms with E-state index in [0.29, 0.717) is 12.3 Å². The van der Waals surface area contributed by atoms with Gasteiger partial charge in [0.2, 0.25) is 0 Å². The second-order valence-corrected chi connectivity index (χ2v) is 5.88. The van der Waals surface area contributed by atoms with Crippen LogP contribution in [-0.2, 0) is 6.42 Å². The lowest BCUT2D eigenvalue weighted by Crippen LogP contribution is -2.20. The number of fused-ring (bicyclic) bond motifs is 5. The number of carbonyl (C=O) groups is 1. The van der Waals surface area contributed by atoms with Crippen LogP contribution in [0.25, 0.3) is 21.8 Å². The minimum absolute atomic E-state index is 0.237. The van der Waals surface area contributed by atoms with E-state index in [-0.39, 0.29) is 5.78 Å². The number of benzene rings is 1. The van der Waals surface area contributed by atoms with Gasteiger partial charge in [-0.25, -0.2) is 0 Å². The van der Waals surface area contributed by atoms with Crippen LogP contribution in [0.3, 0.4) is 0 Å². The molecule has 0 amide bonds. The molecule has 1 N–H and O–H groups in total. The van der Waals surface area contributed by atoms with E-state index < -0.39 is 0 Å². The van der Waals surface area contributed by atoms with E-state index in [1.54, 1.807) is 0 Å². The van der Waals surface area contributed by atoms with Crippen LogP contribution in [0, 0.1) is 12.8 Å². The third kappa shape index (κ3) is 1.46. The van der Waals surface area contributed by atoms with Crippen LogP contribution in [0.15, 0.2) is 24.3 Å². The van der Waals surface area contributed by atoms with Crippen LogP contribution >= 0.6 is 0 Å². The fourth-order valence-corrected chi connectivity index (χ4v) is 3.40. The monoisotopic (exact) mass is 264 g/mol. The Labute approximate surface area is 117 Å². The van der Waals surface area contributed by atoms with Crippen LogP contribution in [0.4, 0.5) is 0 Å². The Balaban J connectivity index is 2.21. The van der Waals surface area contributed by atoms with Gasteiger partial charge >= 0.3 is 0 Å². The molecular formula is C17H16N2O. The summed E-state index contributed by atoms with van der Waals surface area (Å²) in [5.74, 6) is 0.630. The van der Waals surface area contributed by atoms with Gasteiger partial charge in [-0.15, -0.1) is 0 Å². The minimum atomic E-state index is 0.237. The average molecular weight is 264 g/mol. The molecule has 3 nitrogen and oxygen atoms in total. The molecule has 2 heterocycles. The lowest BCUT2D eigenvalue weighted by Gasteiger charge is -2.21. The van der Waals surface area contributed by atoms with Gasteiger partial charge in [0.05, 0.1) is 16.9 Å². The molecule has 1 aliphatic rings. The van der Waals surface area contributed by atoms with E-state index in [9.17, 15) is 4.79 Å². The van der Waals surface area contributed by atoms with Gasteiger partial charge in [0.15, 0.2) is 5.78 Å². The number of Topliss-reactive ketones (excluding diaryl/α,β-unsaturated/α-hetero) is 1. The predicted octanol–water partition coefficient (Wildman–Crippen LogP) is 3.79. The van der Waals surface area contributed by atoms with Crippen molar-refractivity contribution >= 4 is 27.6 Å². The summed E-state index contributed by atoms with van der Waals surface area (Å²) in [5.41, 5.74) is 4.89. The van der Waals surface area contributed by atoms with E-state index in [1.807, 2.05) is 19.1 Å². The van der Waals surface area contributed by atoms with Gasteiger partial charge in [-0.2, -0.15) is 0 Å². The van der Waals surface area contributed by atoms with E-state index >= 15 is 0 Å². The highest BCUT2D eigenvalue weighted by atomic mass is 16.1. The maximum absolute atomic E-state index is 12.5. The molecule has 100 valence electrons. The second kappa shape index (κ2) is 3.92. The zero-order valence-corrected chi connectivity index (χ0v) is 11.7. The van der Waals surface area contributed by atoms with Crippen molar-refractivity contribution in [1.82, 2.24) is 9.97 Å². The smallest absolute Gasteiger partial charge is 0.165 e. The van der Waals surface area contributed by atoms with Crippen LogP contribution < -0.4 is 0 Å². The van der Waals surface area contributed by atoms with Crippen LogP contribution in [0.1, 0.15) is 35.1 Å². The molecule has 3 heteroatoms. The van der Waals surface area contributed by atoms with Crippen molar-refractivity contribution in [2.75, 3.05) is 0 Å². The van der Waals surface area contributed by atoms with Crippen molar-refractivity contribution in [3.05, 3.63) is 41.2 Å². The molecule has 1 aromatic carbocycles. The number of aromatic nitrogens is 2. The number of nitrogens with one attached hydrogen (secondary N) is 1. The summed E-state index contributed by atoms with van der Waals surface area (Å²) in [6, 6.07) is 8.17. The summed E-state index contributed by atoms with van der Waals surface area (Å²) >= 11 is 0. The summed E-state index contributed by atoms with van der Waals surface area (Å²) < 4.78 is 0. The number of rotatable bonds is 0. The number of para-hydroxylation sites is 1. The van der Waals surface area contributed by atoms with Crippen molar-refractivity contribution in [2.24, 2.45) is 5.92 Å². The Hall–Kier alpha value is -2.16. The number of pyridine rings is 1. The van der Waals surface area contributed by atoms with Gasteiger partial charge in [-0.05, 0) is 25.3 Å². The van der Waals surface area contributed by atoms with Gasteiger partial charge in [-0.3, -0.25) is 9.78 Å². The molecule has 3 aromatic rings. The zero-order valence-electron chi connectivity index (χ0n) is 11.7. The van der Waals surface area contributed by atoms with Gasteiger partial charge in [0, 0.05) is 28.3 Å². The number of ketones is 1. The van der Waals surface area contributed by atoms with Crippen molar-refractivity contribution < 1.29 is 4.79 Å². The highest BCUT2D eigenvalue weighted by Crippen LogP contribution is 2.35. The Kier molecular flexibility index (Phi) is 2.28. The topological polar surface area (TPSA) is 45.8 Å². The van der Waals surface area contributed by atoms with Gasteiger partial charge in [0.25, 0.3) is 0 Å². The third-order valence-corrected chi connectivity index (χ3v) is 4.26. The SMILES string of the molecule is Cc1nc2c(c3c1[nH]c1ccccc13)C(=O)CC(C)C2. The fourth-order valence-electron chi connectivity index (χ4n) is 3.40. The van der Waals surface area contributed by atoms with Gasteiger partial charge in [-0.1, -0.05) is 25.1 Å². The third-order valence-electron chi connectivity index (χ3n) is 4.26. The normalized spacial score (nSPS) is 18.7. The number of H-pyrrole nitrogens is 1. The lowest BCUT2D eigenvalue weighted by atomic mass is 9.85. The minimum Gasteiger partial charge on any atom is -0.353 e. The van der Waals surface area contributed by atoms with Crippen molar-refractivity contribution in [3.63, 3.8) is 0 Å². The van der Waals surface area contributed by atoms with Crippen LogP contribution in [0.5, 0.6) is 0 Å². The lowest BCUT2D eigenvalue weighted by molar-refractivity contribution is 0.0954. The highest BCUT2D eigenvalue weighted by molar-refractivity contribution is 6.19. The first kappa shape index (κ1) is 11.6. The molecule has 20 heavy (non-hydrogen) atoms. The summed E-state index contributed by atoms with van der Waals surface area (Å²) in [6.07, 6.45) is 1.53. The Morgan fingerprint density at radius 3 is 2.90 bits per heavy atom. The first-order valence-corrected chi connectivity index (χ1v) is 7.08. The molecule has 0 aliphatic heterocycles. The molecule has 1 unspecified atom stereocenters. The number of aryl methyl sites for hydroxylation is 1. The van der Waals surface area contributed by atoms with Crippen molar-refractivity contribution in [1.29, 1.82) is 0 Å². The Bertz CT molecular complexity index is 860. The number of hydrogen-bond acceptors (Lipinski definition) is 2. The molecule has 4 rings (SSSR count). The molecule has 0 radical (unpaired) electrons. The largest absolute Gasteiger partial charge is 0.353 e. The molecule has 0 bridgehead atoms. The maximum Gasteiger partial charge on any atom is 0.165 e. The van der Waals surface area contributed by atoms with Gasteiger partial charge in [0.1, 0.15) is 0 Å². The zero-order chi connectivity index (χ0) is 13.9. The maximum atomic E-state index is 12.5. The summed E-state index contributed by atoms with van der Waals surface area (Å²) in [7, 11) is 0. The van der Waals surface area contributed by atoms with Crippen molar-refractivity contribution in [3.8, 4) is 0 Å². The van der Waals surface area contributed by atoms with E-state index in [1.165, 1.54) is 0 Å². The molecule has 0 spiro atoms. The molecule has 0 fully saturated rings. The molecule has 0 saturated carbocycles. The van der Waals surface area contributed by atoms with E-state index in [2.05, 4.69) is 29.0 Å². The molecule has 1 atom stereocenters. The van der Waals surface area contributed by atoms with E-state index in [0.717, 1.165) is 45.2 Å². The Morgan fingerprint density at radius 2 is 2.05 bits per heavy atom. The predicted molar refractivity (Wildman–Crippen MR) is 80.2 cm³/mol. The second-order valence-electron chi connectivity index (χ2n) is 5.88. The quantitative estimate of drug-likeness (QED) is 0.671. The Morgan fingerprint density at radius 1 is 1.25 bits per heavy atom. The molecule has 1 aliphatic carbocycles. The highest BCUT2D eigenvalue weighted by Gasteiger charge is 2.27. The van der Waals surface area contributed by atoms with Crippen molar-refractivity contribution in [2.45, 2.75) is 26.7 Å². The summed E-state index contributed by atoms with van der Waals surface area (Å²) in [4.78, 5) is 20.6. The number of nitrogens with zero attached hydrogens (tertiary/aromatic N) is 1. The summed E-state index contributed by atoms with van der Waals surface area (Å²) in [6.45, 7) is 4.14. The average Bonchev–Trinajstić information content (AvgIpc) is 2.78. The first-order valence-electron chi connectivity index (χ1n) is 7.08. The summed E-state index contributed by atoms with van der Waals surface area (Å²) in [5, 5.41) is 2.20. The van der Waals surface area contributed by atoms with E-state index in [4.69, 9.17) is 0 Å². The number of hydrogen-bond donors (Lipinski definition) is 1. The molecular weight excluding hydrogens is 248 g/mol. The first-order chi connectivity index (χ1) is 9.65. The van der Waals surface area contributed by atoms with Gasteiger partial charge < -0.3 is 4.98 Å². The number of carbonyl (C=O) groups excluding carboxylic acids is 1.